The first-order valence-electron chi connectivity index (χ1n) is 7.46. The second-order valence-corrected chi connectivity index (χ2v) is 6.06. The van der Waals surface area contributed by atoms with Gasteiger partial charge in [0.15, 0.2) is 0 Å². The number of rotatable bonds is 4. The van der Waals surface area contributed by atoms with Crippen LogP contribution in [0, 0.1) is 0 Å². The number of hydrogen-bond donors (Lipinski definition) is 2. The van der Waals surface area contributed by atoms with Crippen molar-refractivity contribution in [2.45, 2.75) is 19.0 Å². The SMILES string of the molecule is Oc1cc(OCC2=CC=C(Cl)CC2)ccc1-c1cc(C(F)(F)F)[nH]n1. The van der Waals surface area contributed by atoms with Gasteiger partial charge < -0.3 is 9.84 Å². The first-order chi connectivity index (χ1) is 11.8. The van der Waals surface area contributed by atoms with E-state index in [0.717, 1.165) is 29.5 Å². The quantitative estimate of drug-likeness (QED) is 0.794. The summed E-state index contributed by atoms with van der Waals surface area (Å²) in [5, 5.41) is 16.4. The zero-order valence-electron chi connectivity index (χ0n) is 12.9. The second-order valence-electron chi connectivity index (χ2n) is 5.57. The molecule has 8 heteroatoms. The molecule has 2 aromatic rings. The molecule has 0 amide bonds. The summed E-state index contributed by atoms with van der Waals surface area (Å²) in [5.41, 5.74) is 0.283. The molecule has 0 aliphatic heterocycles. The van der Waals surface area contributed by atoms with Crippen molar-refractivity contribution in [1.82, 2.24) is 10.2 Å². The third-order valence-corrected chi connectivity index (χ3v) is 4.05. The molecule has 0 unspecified atom stereocenters. The van der Waals surface area contributed by atoms with E-state index in [0.29, 0.717) is 12.4 Å². The van der Waals surface area contributed by atoms with Crippen LogP contribution in [0.1, 0.15) is 18.5 Å². The molecule has 0 radical (unpaired) electrons. The second kappa shape index (κ2) is 6.84. The number of nitrogens with zero attached hydrogens (tertiary/aromatic N) is 1. The largest absolute Gasteiger partial charge is 0.507 e. The number of phenolic OH excluding ortho intramolecular Hbond substituents is 1. The summed E-state index contributed by atoms with van der Waals surface area (Å²) in [4.78, 5) is 0. The Labute approximate surface area is 146 Å². The molecule has 3 rings (SSSR count). The van der Waals surface area contributed by atoms with Crippen LogP contribution in [-0.2, 0) is 6.18 Å². The van der Waals surface area contributed by atoms with Gasteiger partial charge in [-0.15, -0.1) is 0 Å². The molecule has 0 atom stereocenters. The zero-order chi connectivity index (χ0) is 18.0. The normalized spacial score (nSPS) is 14.9. The van der Waals surface area contributed by atoms with Crippen LogP contribution in [0.15, 0.2) is 47.0 Å². The lowest BCUT2D eigenvalue weighted by molar-refractivity contribution is -0.141. The molecule has 132 valence electrons. The highest BCUT2D eigenvalue weighted by Gasteiger charge is 2.33. The van der Waals surface area contributed by atoms with Crippen LogP contribution in [0.4, 0.5) is 13.2 Å². The third-order valence-electron chi connectivity index (χ3n) is 3.74. The predicted octanol–water partition coefficient (Wildman–Crippen LogP) is 5.02. The molecule has 0 saturated carbocycles. The molecule has 2 N–H and O–H groups in total. The Kier molecular flexibility index (Phi) is 4.76. The number of aromatic amines is 1. The first-order valence-corrected chi connectivity index (χ1v) is 7.83. The molecule has 1 heterocycles. The van der Waals surface area contributed by atoms with E-state index in [9.17, 15) is 18.3 Å². The number of ether oxygens (including phenoxy) is 1. The number of aromatic nitrogens is 2. The first kappa shape index (κ1) is 17.4. The number of allylic oxidation sites excluding steroid dienone is 3. The molecule has 1 aromatic heterocycles. The maximum Gasteiger partial charge on any atom is 0.432 e. The minimum Gasteiger partial charge on any atom is -0.507 e. The molecule has 0 saturated heterocycles. The zero-order valence-corrected chi connectivity index (χ0v) is 13.7. The van der Waals surface area contributed by atoms with Crippen LogP contribution in [0.2, 0.25) is 0 Å². The van der Waals surface area contributed by atoms with Crippen LogP contribution >= 0.6 is 11.6 Å². The lowest BCUT2D eigenvalue weighted by Crippen LogP contribution is -2.04. The average Bonchev–Trinajstić information content (AvgIpc) is 3.04. The molecule has 1 aliphatic rings. The van der Waals surface area contributed by atoms with E-state index >= 15 is 0 Å². The Hall–Kier alpha value is -2.41. The monoisotopic (exact) mass is 370 g/mol. The van der Waals surface area contributed by atoms with Gasteiger partial charge in [-0.3, -0.25) is 5.10 Å². The fraction of sp³-hybridized carbons (Fsp3) is 0.235. The molecule has 0 fully saturated rings. The van der Waals surface area contributed by atoms with Gasteiger partial charge in [0.05, 0.1) is 5.69 Å². The Balaban J connectivity index is 1.72. The van der Waals surface area contributed by atoms with Gasteiger partial charge >= 0.3 is 6.18 Å². The van der Waals surface area contributed by atoms with Gasteiger partial charge in [0, 0.05) is 16.7 Å². The van der Waals surface area contributed by atoms with Gasteiger partial charge in [-0.25, -0.2) is 0 Å². The number of phenols is 1. The minimum absolute atomic E-state index is 0.00569. The van der Waals surface area contributed by atoms with Crippen molar-refractivity contribution in [2.75, 3.05) is 6.61 Å². The van der Waals surface area contributed by atoms with Gasteiger partial charge in [-0.2, -0.15) is 18.3 Å². The van der Waals surface area contributed by atoms with Crippen LogP contribution in [0.3, 0.4) is 0 Å². The molecule has 25 heavy (non-hydrogen) atoms. The number of benzene rings is 1. The van der Waals surface area contributed by atoms with Gasteiger partial charge in [-0.05, 0) is 42.7 Å². The van der Waals surface area contributed by atoms with E-state index in [1.54, 1.807) is 6.07 Å². The molecule has 0 bridgehead atoms. The number of alkyl halides is 3. The van der Waals surface area contributed by atoms with Gasteiger partial charge in [-0.1, -0.05) is 17.7 Å². The smallest absolute Gasteiger partial charge is 0.432 e. The van der Waals surface area contributed by atoms with Crippen LogP contribution in [0.25, 0.3) is 11.3 Å². The summed E-state index contributed by atoms with van der Waals surface area (Å²) in [6.07, 6.45) is 0.756. The third kappa shape index (κ3) is 4.17. The number of hydrogen-bond acceptors (Lipinski definition) is 3. The molecule has 1 aromatic carbocycles. The Bertz CT molecular complexity index is 841. The predicted molar refractivity (Wildman–Crippen MR) is 87.4 cm³/mol. The van der Waals surface area contributed by atoms with E-state index < -0.39 is 11.9 Å². The van der Waals surface area contributed by atoms with E-state index in [1.165, 1.54) is 12.1 Å². The van der Waals surface area contributed by atoms with E-state index in [4.69, 9.17) is 16.3 Å². The highest BCUT2D eigenvalue weighted by Crippen LogP contribution is 2.35. The van der Waals surface area contributed by atoms with Crippen molar-refractivity contribution in [1.29, 1.82) is 0 Å². The molecular weight excluding hydrogens is 357 g/mol. The minimum atomic E-state index is -4.52. The van der Waals surface area contributed by atoms with Crippen molar-refractivity contribution >= 4 is 11.6 Å². The van der Waals surface area contributed by atoms with Crippen LogP contribution in [-0.4, -0.2) is 21.9 Å². The van der Waals surface area contributed by atoms with Gasteiger partial charge in [0.1, 0.15) is 23.8 Å². The maximum absolute atomic E-state index is 12.6. The van der Waals surface area contributed by atoms with Crippen molar-refractivity contribution < 1.29 is 23.0 Å². The summed E-state index contributed by atoms with van der Waals surface area (Å²) in [6, 6.07) is 5.23. The van der Waals surface area contributed by atoms with Crippen LogP contribution in [0.5, 0.6) is 11.5 Å². The fourth-order valence-corrected chi connectivity index (χ4v) is 2.53. The van der Waals surface area contributed by atoms with Crippen LogP contribution < -0.4 is 4.74 Å². The number of H-pyrrole nitrogens is 1. The summed E-state index contributed by atoms with van der Waals surface area (Å²) in [6.45, 7) is 0.347. The van der Waals surface area contributed by atoms with E-state index in [2.05, 4.69) is 5.10 Å². The maximum atomic E-state index is 12.6. The average molecular weight is 371 g/mol. The topological polar surface area (TPSA) is 58.1 Å². The lowest BCUT2D eigenvalue weighted by atomic mass is 10.1. The van der Waals surface area contributed by atoms with Crippen molar-refractivity contribution in [2.24, 2.45) is 0 Å². The highest BCUT2D eigenvalue weighted by molar-refractivity contribution is 6.29. The lowest BCUT2D eigenvalue weighted by Gasteiger charge is -2.13. The summed E-state index contributed by atoms with van der Waals surface area (Å²) in [5.74, 6) is 0.202. The molecule has 0 spiro atoms. The number of aromatic hydroxyl groups is 1. The van der Waals surface area contributed by atoms with Crippen molar-refractivity contribution in [3.63, 3.8) is 0 Å². The fourth-order valence-electron chi connectivity index (χ4n) is 2.37. The van der Waals surface area contributed by atoms with Crippen molar-refractivity contribution in [3.05, 3.63) is 52.7 Å². The summed E-state index contributed by atoms with van der Waals surface area (Å²) < 4.78 is 43.4. The van der Waals surface area contributed by atoms with E-state index in [-0.39, 0.29) is 17.0 Å². The standard InChI is InChI=1S/C17H14ClF3N2O2/c18-11-3-1-10(2-4-11)9-25-12-5-6-13(15(24)7-12)14-8-16(23-22-14)17(19,20)21/h1,3,5-8,24H,2,4,9H2,(H,22,23). The Morgan fingerprint density at radius 1 is 1.20 bits per heavy atom. The van der Waals surface area contributed by atoms with E-state index in [1.807, 2.05) is 17.3 Å². The molecule has 1 aliphatic carbocycles. The molecular formula is C17H14ClF3N2O2. The molecule has 4 nitrogen and oxygen atoms in total. The Morgan fingerprint density at radius 3 is 2.60 bits per heavy atom. The summed E-state index contributed by atoms with van der Waals surface area (Å²) in [7, 11) is 0. The van der Waals surface area contributed by atoms with Crippen molar-refractivity contribution in [3.8, 4) is 22.8 Å². The number of halogens is 4. The summed E-state index contributed by atoms with van der Waals surface area (Å²) >= 11 is 5.89. The Morgan fingerprint density at radius 2 is 2.00 bits per heavy atom. The number of nitrogens with one attached hydrogen (secondary N) is 1. The van der Waals surface area contributed by atoms with Gasteiger partial charge in [0.2, 0.25) is 0 Å². The van der Waals surface area contributed by atoms with Gasteiger partial charge in [0.25, 0.3) is 0 Å². The highest BCUT2D eigenvalue weighted by atomic mass is 35.5.